The van der Waals surface area contributed by atoms with Gasteiger partial charge >= 0.3 is 0 Å². The lowest BCUT2D eigenvalue weighted by Gasteiger charge is -2.42. The van der Waals surface area contributed by atoms with E-state index >= 15 is 0 Å². The monoisotopic (exact) mass is 213 g/mol. The molecule has 0 atom stereocenters. The van der Waals surface area contributed by atoms with Crippen LogP contribution in [-0.4, -0.2) is 6.54 Å². The fourth-order valence-corrected chi connectivity index (χ4v) is 2.47. The Hall–Kier alpha value is -0.600. The van der Waals surface area contributed by atoms with Crippen molar-refractivity contribution < 1.29 is 4.39 Å². The molecule has 1 saturated carbocycles. The molecule has 1 aliphatic rings. The molecule has 0 aromatic heterocycles. The van der Waals surface area contributed by atoms with E-state index in [-0.39, 0.29) is 11.2 Å². The summed E-state index contributed by atoms with van der Waals surface area (Å²) in [6, 6.07) is 4.59. The molecule has 0 saturated heterocycles. The van der Waals surface area contributed by atoms with Crippen LogP contribution < -0.4 is 5.73 Å². The Bertz CT molecular complexity index is 342. The molecule has 1 aliphatic carbocycles. The van der Waals surface area contributed by atoms with Gasteiger partial charge in [0.2, 0.25) is 0 Å². The number of rotatable bonds is 2. The Balaban J connectivity index is 2.40. The average molecular weight is 214 g/mol. The lowest BCUT2D eigenvalue weighted by atomic mass is 9.64. The molecule has 1 aromatic rings. The van der Waals surface area contributed by atoms with Crippen molar-refractivity contribution >= 4 is 11.6 Å². The molecule has 0 amide bonds. The Kier molecular flexibility index (Phi) is 2.50. The maximum atomic E-state index is 12.8. The van der Waals surface area contributed by atoms with Gasteiger partial charge in [-0.15, -0.1) is 0 Å². The largest absolute Gasteiger partial charge is 0.330 e. The van der Waals surface area contributed by atoms with E-state index in [0.29, 0.717) is 11.6 Å². The third-order valence-corrected chi connectivity index (χ3v) is 3.52. The van der Waals surface area contributed by atoms with Gasteiger partial charge in [0.05, 0.1) is 0 Å². The van der Waals surface area contributed by atoms with Crippen molar-refractivity contribution in [3.8, 4) is 0 Å². The fourth-order valence-electron chi connectivity index (χ4n) is 2.11. The number of benzene rings is 1. The highest BCUT2D eigenvalue weighted by atomic mass is 35.5. The highest BCUT2D eigenvalue weighted by Crippen LogP contribution is 2.45. The first-order valence-corrected chi connectivity index (χ1v) is 5.21. The number of hydrogen-bond donors (Lipinski definition) is 1. The van der Waals surface area contributed by atoms with Crippen LogP contribution in [0.25, 0.3) is 0 Å². The van der Waals surface area contributed by atoms with Gasteiger partial charge < -0.3 is 5.73 Å². The second kappa shape index (κ2) is 3.52. The minimum atomic E-state index is -0.287. The molecule has 2 N–H and O–H groups in total. The smallest absolute Gasteiger partial charge is 0.124 e. The molecule has 76 valence electrons. The van der Waals surface area contributed by atoms with Gasteiger partial charge in [-0.2, -0.15) is 0 Å². The van der Waals surface area contributed by atoms with Crippen molar-refractivity contribution in [3.63, 3.8) is 0 Å². The first-order chi connectivity index (χ1) is 6.68. The van der Waals surface area contributed by atoms with Gasteiger partial charge in [0, 0.05) is 17.0 Å². The van der Waals surface area contributed by atoms with Gasteiger partial charge in [-0.1, -0.05) is 24.1 Å². The molecule has 0 unspecified atom stereocenters. The van der Waals surface area contributed by atoms with Crippen LogP contribution in [0.2, 0.25) is 5.02 Å². The molecule has 0 spiro atoms. The predicted octanol–water partition coefficient (Wildman–Crippen LogP) is 2.86. The van der Waals surface area contributed by atoms with Crippen LogP contribution in [0.3, 0.4) is 0 Å². The molecule has 2 rings (SSSR count). The van der Waals surface area contributed by atoms with Crippen molar-refractivity contribution in [2.45, 2.75) is 24.7 Å². The Morgan fingerprint density at radius 3 is 2.57 bits per heavy atom. The molecule has 14 heavy (non-hydrogen) atoms. The second-order valence-corrected chi connectivity index (χ2v) is 4.37. The maximum Gasteiger partial charge on any atom is 0.124 e. The van der Waals surface area contributed by atoms with Crippen molar-refractivity contribution in [2.24, 2.45) is 5.73 Å². The molecule has 0 radical (unpaired) electrons. The summed E-state index contributed by atoms with van der Waals surface area (Å²) in [6.07, 6.45) is 3.31. The van der Waals surface area contributed by atoms with E-state index in [0.717, 1.165) is 18.4 Å². The van der Waals surface area contributed by atoms with Crippen LogP contribution >= 0.6 is 11.6 Å². The first-order valence-electron chi connectivity index (χ1n) is 4.83. The predicted molar refractivity (Wildman–Crippen MR) is 56.0 cm³/mol. The Morgan fingerprint density at radius 2 is 2.14 bits per heavy atom. The van der Waals surface area contributed by atoms with Crippen LogP contribution in [0.4, 0.5) is 4.39 Å². The van der Waals surface area contributed by atoms with Gasteiger partial charge in [-0.25, -0.2) is 4.39 Å². The van der Waals surface area contributed by atoms with Crippen LogP contribution in [0, 0.1) is 5.82 Å². The third kappa shape index (κ3) is 1.43. The fraction of sp³-hybridized carbons (Fsp3) is 0.455. The van der Waals surface area contributed by atoms with Gasteiger partial charge in [0.15, 0.2) is 0 Å². The van der Waals surface area contributed by atoms with E-state index in [9.17, 15) is 4.39 Å². The molecule has 0 heterocycles. The molecular weight excluding hydrogens is 201 g/mol. The maximum absolute atomic E-state index is 12.8. The van der Waals surface area contributed by atoms with Crippen molar-refractivity contribution in [1.29, 1.82) is 0 Å². The van der Waals surface area contributed by atoms with Gasteiger partial charge in [-0.05, 0) is 30.5 Å². The van der Waals surface area contributed by atoms with Gasteiger partial charge in [-0.3, -0.25) is 0 Å². The highest BCUT2D eigenvalue weighted by molar-refractivity contribution is 6.31. The van der Waals surface area contributed by atoms with Crippen LogP contribution in [0.15, 0.2) is 18.2 Å². The first kappa shape index (κ1) is 9.94. The average Bonchev–Trinajstić information content (AvgIpc) is 2.07. The molecule has 1 fully saturated rings. The zero-order chi connectivity index (χ0) is 10.2. The lowest BCUT2D eigenvalue weighted by Crippen LogP contribution is -2.41. The minimum absolute atomic E-state index is 0.0186. The third-order valence-electron chi connectivity index (χ3n) is 3.20. The summed E-state index contributed by atoms with van der Waals surface area (Å²) < 4.78 is 12.8. The molecular formula is C11H13ClFN. The van der Waals surface area contributed by atoms with Crippen molar-refractivity contribution in [1.82, 2.24) is 0 Å². The Morgan fingerprint density at radius 1 is 1.43 bits per heavy atom. The van der Waals surface area contributed by atoms with Crippen LogP contribution in [0.1, 0.15) is 24.8 Å². The second-order valence-electron chi connectivity index (χ2n) is 3.96. The SMILES string of the molecule is NCC1(c2ccc(F)cc2Cl)CCC1. The van der Waals surface area contributed by atoms with Gasteiger partial charge in [0.25, 0.3) is 0 Å². The van der Waals surface area contributed by atoms with Crippen LogP contribution in [-0.2, 0) is 5.41 Å². The zero-order valence-electron chi connectivity index (χ0n) is 7.89. The molecule has 0 bridgehead atoms. The van der Waals surface area contributed by atoms with Crippen molar-refractivity contribution in [3.05, 3.63) is 34.6 Å². The van der Waals surface area contributed by atoms with Crippen molar-refractivity contribution in [2.75, 3.05) is 6.54 Å². The van der Waals surface area contributed by atoms with E-state index in [2.05, 4.69) is 0 Å². The molecule has 0 aliphatic heterocycles. The summed E-state index contributed by atoms with van der Waals surface area (Å²) in [5.74, 6) is -0.287. The van der Waals surface area contributed by atoms with E-state index in [1.165, 1.54) is 18.6 Å². The highest BCUT2D eigenvalue weighted by Gasteiger charge is 2.38. The zero-order valence-corrected chi connectivity index (χ0v) is 8.65. The summed E-state index contributed by atoms with van der Waals surface area (Å²) in [6.45, 7) is 0.596. The quantitative estimate of drug-likeness (QED) is 0.803. The topological polar surface area (TPSA) is 26.0 Å². The normalized spacial score (nSPS) is 19.1. The summed E-state index contributed by atoms with van der Waals surface area (Å²) in [5.41, 5.74) is 6.78. The molecule has 1 aromatic carbocycles. The number of halogens is 2. The van der Waals surface area contributed by atoms with E-state index in [1.54, 1.807) is 6.07 Å². The van der Waals surface area contributed by atoms with E-state index < -0.39 is 0 Å². The van der Waals surface area contributed by atoms with Gasteiger partial charge in [0.1, 0.15) is 5.82 Å². The van der Waals surface area contributed by atoms with Crippen LogP contribution in [0.5, 0.6) is 0 Å². The summed E-state index contributed by atoms with van der Waals surface area (Å²) in [4.78, 5) is 0. The summed E-state index contributed by atoms with van der Waals surface area (Å²) >= 11 is 6.01. The minimum Gasteiger partial charge on any atom is -0.330 e. The van der Waals surface area contributed by atoms with E-state index in [1.807, 2.05) is 0 Å². The standard InChI is InChI=1S/C11H13ClFN/c12-10-6-8(13)2-3-9(10)11(7-14)4-1-5-11/h2-3,6H,1,4-5,7,14H2. The summed E-state index contributed by atoms with van der Waals surface area (Å²) in [7, 11) is 0. The lowest BCUT2D eigenvalue weighted by molar-refractivity contribution is 0.253. The van der Waals surface area contributed by atoms with E-state index in [4.69, 9.17) is 17.3 Å². The Labute approximate surface area is 88.1 Å². The molecule has 1 nitrogen and oxygen atoms in total. The number of hydrogen-bond acceptors (Lipinski definition) is 1. The number of nitrogens with two attached hydrogens (primary N) is 1. The molecule has 3 heteroatoms. The summed E-state index contributed by atoms with van der Waals surface area (Å²) in [5, 5.41) is 0.509.